The lowest BCUT2D eigenvalue weighted by atomic mass is 10.3. The highest BCUT2D eigenvalue weighted by Crippen LogP contribution is 2.32. The molecule has 0 spiro atoms. The van der Waals surface area contributed by atoms with Crippen molar-refractivity contribution in [1.82, 2.24) is 9.55 Å². The molecule has 0 aliphatic heterocycles. The average molecular weight is 392 g/mol. The molecule has 0 N–H and O–H groups in total. The number of alkyl halides is 3. The Morgan fingerprint density at radius 2 is 1.92 bits per heavy atom. The molecule has 1 aromatic heterocycles. The van der Waals surface area contributed by atoms with E-state index < -0.39 is 26.2 Å². The van der Waals surface area contributed by atoms with Crippen LogP contribution in [0.3, 0.4) is 0 Å². The molecule has 0 fully saturated rings. The second-order valence-electron chi connectivity index (χ2n) is 5.62. The minimum absolute atomic E-state index is 0.0160. The van der Waals surface area contributed by atoms with Crippen molar-refractivity contribution >= 4 is 26.8 Å². The maximum atomic E-state index is 12.7. The zero-order chi connectivity index (χ0) is 19.5. The second-order valence-corrected chi connectivity index (χ2v) is 7.56. The molecule has 2 rings (SSSR count). The van der Waals surface area contributed by atoms with Crippen LogP contribution < -0.4 is 0 Å². The predicted octanol–water partition coefficient (Wildman–Crippen LogP) is 3.70. The predicted molar refractivity (Wildman–Crippen MR) is 88.5 cm³/mol. The van der Waals surface area contributed by atoms with E-state index in [1.54, 1.807) is 6.92 Å². The van der Waals surface area contributed by atoms with Crippen molar-refractivity contribution in [2.24, 2.45) is 0 Å². The van der Waals surface area contributed by atoms with Crippen LogP contribution in [0.1, 0.15) is 43.7 Å². The van der Waals surface area contributed by atoms with Crippen molar-refractivity contribution < 1.29 is 31.1 Å². The third-order valence-electron chi connectivity index (χ3n) is 3.81. The highest BCUT2D eigenvalue weighted by molar-refractivity contribution is 7.92. The first-order valence-electron chi connectivity index (χ1n) is 8.12. The van der Waals surface area contributed by atoms with E-state index in [0.29, 0.717) is 18.5 Å². The number of benzene rings is 1. The van der Waals surface area contributed by atoms with Crippen LogP contribution >= 0.6 is 0 Å². The van der Waals surface area contributed by atoms with E-state index >= 15 is 0 Å². The molecular formula is C16H19F3N2O4S. The van der Waals surface area contributed by atoms with Gasteiger partial charge in [0.2, 0.25) is 5.82 Å². The molecule has 0 saturated heterocycles. The van der Waals surface area contributed by atoms with Crippen molar-refractivity contribution in [3.63, 3.8) is 0 Å². The normalized spacial score (nSPS) is 12.5. The van der Waals surface area contributed by atoms with Gasteiger partial charge in [0.1, 0.15) is 0 Å². The van der Waals surface area contributed by atoms with E-state index in [4.69, 9.17) is 4.74 Å². The van der Waals surface area contributed by atoms with Crippen LogP contribution in [0.25, 0.3) is 11.0 Å². The largest absolute Gasteiger partial charge is 0.501 e. The van der Waals surface area contributed by atoms with Crippen molar-refractivity contribution in [1.29, 1.82) is 0 Å². The molecule has 0 bridgehead atoms. The summed E-state index contributed by atoms with van der Waals surface area (Å²) in [6.07, 6.45) is 2.56. The average Bonchev–Trinajstić information content (AvgIpc) is 2.95. The molecule has 10 heteroatoms. The monoisotopic (exact) mass is 392 g/mol. The van der Waals surface area contributed by atoms with E-state index in [-0.39, 0.29) is 17.9 Å². The van der Waals surface area contributed by atoms with Gasteiger partial charge in [-0.1, -0.05) is 19.8 Å². The number of unbranched alkanes of at least 4 members (excludes halogenated alkanes) is 2. The van der Waals surface area contributed by atoms with E-state index in [0.717, 1.165) is 25.0 Å². The van der Waals surface area contributed by atoms with Crippen molar-refractivity contribution in [3.05, 3.63) is 24.0 Å². The first-order valence-corrected chi connectivity index (χ1v) is 9.60. The highest BCUT2D eigenvalue weighted by Gasteiger charge is 2.47. The lowest BCUT2D eigenvalue weighted by Crippen LogP contribution is -2.23. The fourth-order valence-electron chi connectivity index (χ4n) is 2.47. The summed E-state index contributed by atoms with van der Waals surface area (Å²) in [5.41, 5.74) is -5.07. The van der Waals surface area contributed by atoms with Gasteiger partial charge in [0, 0.05) is 6.54 Å². The van der Waals surface area contributed by atoms with Gasteiger partial charge in [-0.15, -0.1) is 0 Å². The van der Waals surface area contributed by atoms with Gasteiger partial charge in [-0.2, -0.15) is 13.2 Å². The van der Waals surface area contributed by atoms with Gasteiger partial charge in [-0.25, -0.2) is 18.2 Å². The van der Waals surface area contributed by atoms with Crippen LogP contribution in [-0.4, -0.2) is 36.1 Å². The summed E-state index contributed by atoms with van der Waals surface area (Å²) in [6, 6.07) is 2.88. The molecule has 1 heterocycles. The van der Waals surface area contributed by atoms with E-state index in [9.17, 15) is 26.4 Å². The number of halogens is 3. The summed E-state index contributed by atoms with van der Waals surface area (Å²) in [7, 11) is -5.48. The van der Waals surface area contributed by atoms with Crippen molar-refractivity contribution in [3.8, 4) is 0 Å². The van der Waals surface area contributed by atoms with E-state index in [1.165, 1.54) is 10.6 Å². The van der Waals surface area contributed by atoms with E-state index in [2.05, 4.69) is 4.98 Å². The Labute approximate surface area is 148 Å². The maximum Gasteiger partial charge on any atom is 0.501 e. The summed E-state index contributed by atoms with van der Waals surface area (Å²) >= 11 is 0. The number of rotatable bonds is 7. The van der Waals surface area contributed by atoms with Crippen LogP contribution in [0.5, 0.6) is 0 Å². The summed E-state index contributed by atoms with van der Waals surface area (Å²) in [4.78, 5) is 15.3. The zero-order valence-electron chi connectivity index (χ0n) is 14.3. The van der Waals surface area contributed by atoms with Crippen LogP contribution in [0.15, 0.2) is 23.1 Å². The Kier molecular flexibility index (Phi) is 5.94. The molecule has 26 heavy (non-hydrogen) atoms. The summed E-state index contributed by atoms with van der Waals surface area (Å²) in [5.74, 6) is -0.764. The number of ether oxygens (including phenoxy) is 1. The Balaban J connectivity index is 2.41. The van der Waals surface area contributed by atoms with Crippen LogP contribution in [0, 0.1) is 0 Å². The Morgan fingerprint density at radius 1 is 1.23 bits per heavy atom. The zero-order valence-corrected chi connectivity index (χ0v) is 15.2. The molecular weight excluding hydrogens is 373 g/mol. The number of aromatic nitrogens is 2. The van der Waals surface area contributed by atoms with Gasteiger partial charge in [-0.3, -0.25) is 0 Å². The molecule has 0 aliphatic carbocycles. The van der Waals surface area contributed by atoms with Gasteiger partial charge in [0.25, 0.3) is 9.84 Å². The van der Waals surface area contributed by atoms with Gasteiger partial charge < -0.3 is 9.30 Å². The fourth-order valence-corrected chi connectivity index (χ4v) is 3.25. The molecule has 0 radical (unpaired) electrons. The number of esters is 1. The standard InChI is InChI=1S/C16H19F3N2O4S/c1-3-5-6-9-25-15(22)14-20-12-10-11(26(23,24)16(17,18)19)7-8-13(12)21(14)4-2/h7-8,10H,3-6,9H2,1-2H3. The van der Waals surface area contributed by atoms with Crippen LogP contribution in [-0.2, 0) is 21.1 Å². The van der Waals surface area contributed by atoms with Crippen LogP contribution in [0.2, 0.25) is 0 Å². The molecule has 6 nitrogen and oxygen atoms in total. The number of fused-ring (bicyclic) bond motifs is 1. The third-order valence-corrected chi connectivity index (χ3v) is 5.30. The molecule has 0 atom stereocenters. The molecule has 0 saturated carbocycles. The first-order chi connectivity index (χ1) is 12.1. The lowest BCUT2D eigenvalue weighted by Gasteiger charge is -2.08. The summed E-state index contributed by atoms with van der Waals surface area (Å²) < 4.78 is 67.8. The lowest BCUT2D eigenvalue weighted by molar-refractivity contribution is -0.0436. The van der Waals surface area contributed by atoms with E-state index in [1.807, 2.05) is 6.92 Å². The number of carbonyl (C=O) groups is 1. The third kappa shape index (κ3) is 3.84. The SMILES string of the molecule is CCCCCOC(=O)c1nc2cc(S(=O)(=O)C(F)(F)F)ccc2n1CC. The highest BCUT2D eigenvalue weighted by atomic mass is 32.2. The number of nitrogens with zero attached hydrogens (tertiary/aromatic N) is 2. The maximum absolute atomic E-state index is 12.7. The molecule has 0 aliphatic rings. The summed E-state index contributed by atoms with van der Waals surface area (Å²) in [5, 5.41) is 0. The number of hydrogen-bond donors (Lipinski definition) is 0. The minimum atomic E-state index is -5.48. The van der Waals surface area contributed by atoms with Crippen molar-refractivity contribution in [2.75, 3.05) is 6.61 Å². The number of imidazole rings is 1. The van der Waals surface area contributed by atoms with Gasteiger partial charge in [0.05, 0.1) is 22.5 Å². The first kappa shape index (κ1) is 20.2. The smallest absolute Gasteiger partial charge is 0.460 e. The molecule has 0 amide bonds. The van der Waals surface area contributed by atoms with Crippen molar-refractivity contribution in [2.45, 2.75) is 50.1 Å². The van der Waals surface area contributed by atoms with Gasteiger partial charge in [0.15, 0.2) is 0 Å². The molecule has 1 aromatic carbocycles. The minimum Gasteiger partial charge on any atom is -0.460 e. The Bertz CT molecular complexity index is 904. The quantitative estimate of drug-likeness (QED) is 0.530. The number of aryl methyl sites for hydroxylation is 1. The molecule has 0 unspecified atom stereocenters. The molecule has 2 aromatic rings. The topological polar surface area (TPSA) is 78.3 Å². The van der Waals surface area contributed by atoms with Crippen LogP contribution in [0.4, 0.5) is 13.2 Å². The Hall–Kier alpha value is -2.10. The second kappa shape index (κ2) is 7.65. The fraction of sp³-hybridized carbons (Fsp3) is 0.500. The Morgan fingerprint density at radius 3 is 2.50 bits per heavy atom. The van der Waals surface area contributed by atoms with Gasteiger partial charge in [-0.05, 0) is 31.5 Å². The number of sulfone groups is 1. The number of carbonyl (C=O) groups excluding carboxylic acids is 1. The number of hydrogen-bond acceptors (Lipinski definition) is 5. The summed E-state index contributed by atoms with van der Waals surface area (Å²) in [6.45, 7) is 4.27. The molecule has 144 valence electrons. The van der Waals surface area contributed by atoms with Gasteiger partial charge >= 0.3 is 11.5 Å².